The smallest absolute Gasteiger partial charge is 0.123 e. The van der Waals surface area contributed by atoms with Crippen molar-refractivity contribution in [2.45, 2.75) is 30.3 Å². The minimum atomic E-state index is -0.912. The second-order valence-corrected chi connectivity index (χ2v) is 4.78. The zero-order valence-electron chi connectivity index (χ0n) is 9.21. The number of hydrogen-bond donors (Lipinski definition) is 3. The summed E-state index contributed by atoms with van der Waals surface area (Å²) in [5.74, 6) is 0.357. The lowest BCUT2D eigenvalue weighted by Gasteiger charge is -2.31. The van der Waals surface area contributed by atoms with Gasteiger partial charge in [0.05, 0.1) is 18.0 Å². The zero-order valence-corrected chi connectivity index (χ0v) is 10.1. The van der Waals surface area contributed by atoms with Gasteiger partial charge in [-0.1, -0.05) is 0 Å². The summed E-state index contributed by atoms with van der Waals surface area (Å²) >= 11 is 4.25. The molecule has 1 aromatic rings. The highest BCUT2D eigenvalue weighted by Gasteiger charge is 2.30. The SMILES string of the molecule is OC[C@H](O)[C@@H](S)[C@@H]1CCc2cc(F)ccc2O1. The molecule has 3 atom stereocenters. The van der Waals surface area contributed by atoms with Crippen LogP contribution in [0.15, 0.2) is 18.2 Å². The lowest BCUT2D eigenvalue weighted by Crippen LogP contribution is -2.40. The van der Waals surface area contributed by atoms with Crippen molar-refractivity contribution in [2.24, 2.45) is 0 Å². The summed E-state index contributed by atoms with van der Waals surface area (Å²) in [6.07, 6.45) is 0.165. The van der Waals surface area contributed by atoms with E-state index in [0.717, 1.165) is 5.56 Å². The maximum absolute atomic E-state index is 13.0. The van der Waals surface area contributed by atoms with E-state index in [0.29, 0.717) is 18.6 Å². The third-order valence-corrected chi connectivity index (χ3v) is 3.64. The molecular weight excluding hydrogens is 243 g/mol. The maximum atomic E-state index is 13.0. The monoisotopic (exact) mass is 258 g/mol. The molecule has 0 radical (unpaired) electrons. The first kappa shape index (κ1) is 12.7. The molecule has 0 saturated heterocycles. The van der Waals surface area contributed by atoms with Crippen LogP contribution in [0.1, 0.15) is 12.0 Å². The molecule has 1 heterocycles. The highest BCUT2D eigenvalue weighted by molar-refractivity contribution is 7.81. The average Bonchev–Trinajstić information content (AvgIpc) is 2.36. The number of fused-ring (bicyclic) bond motifs is 1. The van der Waals surface area contributed by atoms with Crippen LogP contribution in [0, 0.1) is 5.82 Å². The highest BCUT2D eigenvalue weighted by atomic mass is 32.1. The van der Waals surface area contributed by atoms with E-state index in [1.165, 1.54) is 12.1 Å². The first-order valence-electron chi connectivity index (χ1n) is 5.54. The summed E-state index contributed by atoms with van der Waals surface area (Å²) in [7, 11) is 0. The number of rotatable bonds is 3. The van der Waals surface area contributed by atoms with Crippen molar-refractivity contribution in [1.82, 2.24) is 0 Å². The van der Waals surface area contributed by atoms with Crippen molar-refractivity contribution in [3.63, 3.8) is 0 Å². The Bertz CT molecular complexity index is 399. The quantitative estimate of drug-likeness (QED) is 0.713. The molecule has 0 fully saturated rings. The third-order valence-electron chi connectivity index (χ3n) is 2.96. The molecule has 1 aromatic carbocycles. The molecule has 2 rings (SSSR count). The van der Waals surface area contributed by atoms with Gasteiger partial charge in [0.25, 0.3) is 0 Å². The van der Waals surface area contributed by atoms with Crippen molar-refractivity contribution >= 4 is 12.6 Å². The van der Waals surface area contributed by atoms with Gasteiger partial charge in [-0.05, 0) is 36.6 Å². The van der Waals surface area contributed by atoms with E-state index in [9.17, 15) is 9.50 Å². The molecule has 0 unspecified atom stereocenters. The van der Waals surface area contributed by atoms with Gasteiger partial charge < -0.3 is 14.9 Å². The second kappa shape index (κ2) is 5.25. The fraction of sp³-hybridized carbons (Fsp3) is 0.500. The lowest BCUT2D eigenvalue weighted by molar-refractivity contribution is 0.0511. The van der Waals surface area contributed by atoms with Gasteiger partial charge in [0, 0.05) is 0 Å². The molecule has 0 saturated carbocycles. The zero-order chi connectivity index (χ0) is 12.4. The van der Waals surface area contributed by atoms with E-state index in [1.807, 2.05) is 0 Å². The molecule has 3 nitrogen and oxygen atoms in total. The van der Waals surface area contributed by atoms with Crippen LogP contribution in [0.5, 0.6) is 5.75 Å². The van der Waals surface area contributed by atoms with Gasteiger partial charge in [-0.25, -0.2) is 4.39 Å². The summed E-state index contributed by atoms with van der Waals surface area (Å²) in [5, 5.41) is 17.9. The third kappa shape index (κ3) is 2.73. The Labute approximate surface area is 105 Å². The number of thiol groups is 1. The number of benzene rings is 1. The van der Waals surface area contributed by atoms with Crippen molar-refractivity contribution in [3.8, 4) is 5.75 Å². The van der Waals surface area contributed by atoms with E-state index < -0.39 is 11.4 Å². The van der Waals surface area contributed by atoms with Gasteiger partial charge >= 0.3 is 0 Å². The summed E-state index contributed by atoms with van der Waals surface area (Å²) in [6, 6.07) is 4.39. The summed E-state index contributed by atoms with van der Waals surface area (Å²) in [4.78, 5) is 0. The number of halogens is 1. The standard InChI is InChI=1S/C12H15FO3S/c13-8-2-4-10-7(5-8)1-3-11(16-10)12(17)9(15)6-14/h2,4-5,9,11-12,14-15,17H,1,3,6H2/t9-,11-,12+/m0/s1. The van der Waals surface area contributed by atoms with Gasteiger partial charge in [0.15, 0.2) is 0 Å². The molecule has 17 heavy (non-hydrogen) atoms. The van der Waals surface area contributed by atoms with E-state index in [-0.39, 0.29) is 18.5 Å². The van der Waals surface area contributed by atoms with Crippen molar-refractivity contribution in [3.05, 3.63) is 29.6 Å². The molecule has 0 spiro atoms. The number of aliphatic hydroxyl groups is 2. The van der Waals surface area contributed by atoms with E-state index >= 15 is 0 Å². The maximum Gasteiger partial charge on any atom is 0.123 e. The average molecular weight is 258 g/mol. The number of aliphatic hydroxyl groups excluding tert-OH is 2. The Balaban J connectivity index is 2.11. The first-order valence-corrected chi connectivity index (χ1v) is 6.05. The largest absolute Gasteiger partial charge is 0.489 e. The molecule has 0 aliphatic carbocycles. The molecule has 2 N–H and O–H groups in total. The number of ether oxygens (including phenoxy) is 1. The molecular formula is C12H15FO3S. The van der Waals surface area contributed by atoms with Crippen molar-refractivity contribution < 1.29 is 19.3 Å². The van der Waals surface area contributed by atoms with Gasteiger partial charge in [0.1, 0.15) is 17.7 Å². The van der Waals surface area contributed by atoms with Gasteiger partial charge in [-0.2, -0.15) is 12.6 Å². The highest BCUT2D eigenvalue weighted by Crippen LogP contribution is 2.31. The van der Waals surface area contributed by atoms with Crippen LogP contribution in [-0.2, 0) is 6.42 Å². The number of hydrogen-bond acceptors (Lipinski definition) is 4. The fourth-order valence-electron chi connectivity index (χ4n) is 1.97. The summed E-state index contributed by atoms with van der Waals surface area (Å²) < 4.78 is 18.6. The van der Waals surface area contributed by atoms with Crippen molar-refractivity contribution in [1.29, 1.82) is 0 Å². The molecule has 1 aliphatic heterocycles. The molecule has 94 valence electrons. The fourth-order valence-corrected chi connectivity index (χ4v) is 2.28. The van der Waals surface area contributed by atoms with E-state index in [4.69, 9.17) is 9.84 Å². The van der Waals surface area contributed by atoms with Gasteiger partial charge in [0.2, 0.25) is 0 Å². The lowest BCUT2D eigenvalue weighted by atomic mass is 9.98. The molecule has 0 bridgehead atoms. The predicted octanol–water partition coefficient (Wildman–Crippen LogP) is 1.17. The minimum Gasteiger partial charge on any atom is -0.489 e. The van der Waals surface area contributed by atoms with Crippen molar-refractivity contribution in [2.75, 3.05) is 6.61 Å². The second-order valence-electron chi connectivity index (χ2n) is 4.19. The van der Waals surface area contributed by atoms with Crippen LogP contribution in [-0.4, -0.2) is 34.3 Å². The predicted molar refractivity (Wildman–Crippen MR) is 65.0 cm³/mol. The van der Waals surface area contributed by atoms with Crippen LogP contribution < -0.4 is 4.74 Å². The molecule has 1 aliphatic rings. The topological polar surface area (TPSA) is 49.7 Å². The minimum absolute atomic E-state index is 0.265. The van der Waals surface area contributed by atoms with Crippen LogP contribution >= 0.6 is 12.6 Å². The Kier molecular flexibility index (Phi) is 3.91. The first-order chi connectivity index (χ1) is 8.11. The normalized spacial score (nSPS) is 22.5. The van der Waals surface area contributed by atoms with Gasteiger partial charge in [-0.15, -0.1) is 0 Å². The number of aryl methyl sites for hydroxylation is 1. The molecule has 0 amide bonds. The van der Waals surface area contributed by atoms with Crippen LogP contribution in [0.4, 0.5) is 4.39 Å². The molecule has 5 heteroatoms. The summed E-state index contributed by atoms with van der Waals surface area (Å²) in [5.41, 5.74) is 0.834. The van der Waals surface area contributed by atoms with Gasteiger partial charge in [-0.3, -0.25) is 0 Å². The Hall–Kier alpha value is -0.780. The summed E-state index contributed by atoms with van der Waals surface area (Å²) in [6.45, 7) is -0.343. The molecule has 0 aromatic heterocycles. The van der Waals surface area contributed by atoms with E-state index in [2.05, 4.69) is 12.6 Å². The Morgan fingerprint density at radius 3 is 3.00 bits per heavy atom. The van der Waals surface area contributed by atoms with E-state index in [1.54, 1.807) is 6.07 Å². The van der Waals surface area contributed by atoms with Crippen LogP contribution in [0.25, 0.3) is 0 Å². The Morgan fingerprint density at radius 2 is 2.29 bits per heavy atom. The Morgan fingerprint density at radius 1 is 1.53 bits per heavy atom. The van der Waals surface area contributed by atoms with Crippen LogP contribution in [0.3, 0.4) is 0 Å². The van der Waals surface area contributed by atoms with Crippen LogP contribution in [0.2, 0.25) is 0 Å².